The molecule has 0 bridgehead atoms. The van der Waals surface area contributed by atoms with Gasteiger partial charge in [0.15, 0.2) is 0 Å². The number of anilines is 1. The first kappa shape index (κ1) is 33.3. The van der Waals surface area contributed by atoms with Crippen LogP contribution in [0.1, 0.15) is 84.0 Å². The van der Waals surface area contributed by atoms with Crippen LogP contribution in [0, 0.1) is 19.7 Å². The zero-order chi connectivity index (χ0) is 34.1. The van der Waals surface area contributed by atoms with Gasteiger partial charge in [0.2, 0.25) is 0 Å². The molecule has 9 heteroatoms. The molecule has 0 radical (unpaired) electrons. The topological polar surface area (TPSA) is 96.9 Å². The van der Waals surface area contributed by atoms with Crippen LogP contribution in [0.2, 0.25) is 0 Å². The number of fused-ring (bicyclic) bond motifs is 1. The summed E-state index contributed by atoms with van der Waals surface area (Å²) in [5, 5.41) is 16.6. The zero-order valence-corrected chi connectivity index (χ0v) is 30.3. The number of benzene rings is 3. The molecule has 2 fully saturated rings. The number of pyridine rings is 1. The van der Waals surface area contributed by atoms with Crippen molar-refractivity contribution in [3.8, 4) is 11.3 Å². The molecule has 2 atom stereocenters. The molecule has 2 aromatic heterocycles. The van der Waals surface area contributed by atoms with Crippen LogP contribution in [0.4, 0.5) is 10.2 Å². The molecule has 252 valence electrons. The van der Waals surface area contributed by atoms with Crippen molar-refractivity contribution in [3.05, 3.63) is 118 Å². The number of piperidine rings is 1. The Morgan fingerprint density at radius 1 is 0.918 bits per heavy atom. The minimum Gasteiger partial charge on any atom is -0.206 e. The van der Waals surface area contributed by atoms with Crippen LogP contribution >= 0.6 is 19.8 Å². The summed E-state index contributed by atoms with van der Waals surface area (Å²) in [5.74, 6) is 0.397. The fourth-order valence-electron chi connectivity index (χ4n) is 7.05. The second kappa shape index (κ2) is 14.3. The van der Waals surface area contributed by atoms with E-state index in [0.29, 0.717) is 35.7 Å². The first-order chi connectivity index (χ1) is 23.7. The molecule has 7 rings (SSSR count). The molecular weight excluding hydrogens is 728 g/mol. The Morgan fingerprint density at radius 2 is 1.67 bits per heavy atom. The van der Waals surface area contributed by atoms with E-state index >= 15 is 0 Å². The first-order valence-electron chi connectivity index (χ1n) is 17.0. The Labute approximate surface area is 293 Å². The van der Waals surface area contributed by atoms with E-state index in [0.717, 1.165) is 33.3 Å². The molecule has 3 aromatic carbocycles. The van der Waals surface area contributed by atoms with Crippen molar-refractivity contribution >= 4 is 48.2 Å². The van der Waals surface area contributed by atoms with Gasteiger partial charge in [-0.25, -0.2) is 4.39 Å². The number of amides is 2. The molecule has 2 aliphatic heterocycles. The Balaban J connectivity index is 1.02. The molecule has 0 aliphatic carbocycles. The summed E-state index contributed by atoms with van der Waals surface area (Å²) in [6, 6.07) is 24.6. The van der Waals surface area contributed by atoms with Crippen LogP contribution < -0.4 is 10.6 Å². The van der Waals surface area contributed by atoms with Crippen LogP contribution in [0.25, 0.3) is 22.0 Å². The molecule has 5 aromatic rings. The number of carbonyl (C=O) groups is 2. The van der Waals surface area contributed by atoms with E-state index in [1.54, 1.807) is 19.1 Å². The molecule has 4 heterocycles. The molecular formula is C40H41FIN5O2. The number of alkyl halides is 3. The molecule has 2 saturated heterocycles. The summed E-state index contributed by atoms with van der Waals surface area (Å²) in [6.45, 7) is 5.65. The number of hydrogen-bond donors (Lipinski definition) is 2. The Hall–Kier alpha value is -4.25. The quantitative estimate of drug-likeness (QED) is 0.0932. The number of hydrogen-bond acceptors (Lipinski definition) is 6. The minimum absolute atomic E-state index is 0.174. The molecule has 2 N–H and O–H groups in total. The van der Waals surface area contributed by atoms with Gasteiger partial charge in [0.05, 0.1) is 0 Å². The number of aromatic nitrogens is 3. The van der Waals surface area contributed by atoms with Crippen molar-refractivity contribution in [2.75, 3.05) is 14.2 Å². The van der Waals surface area contributed by atoms with Crippen molar-refractivity contribution < 1.29 is 14.0 Å². The second-order valence-corrected chi connectivity index (χ2v) is 19.5. The Kier molecular flexibility index (Phi) is 9.71. The van der Waals surface area contributed by atoms with Crippen LogP contribution in [0.3, 0.4) is 0 Å². The van der Waals surface area contributed by atoms with E-state index in [-0.39, 0.29) is 29.6 Å². The Morgan fingerprint density at radius 3 is 2.45 bits per heavy atom. The molecule has 0 spiro atoms. The molecule has 7 nitrogen and oxygen atoms in total. The van der Waals surface area contributed by atoms with Crippen LogP contribution in [0.15, 0.2) is 79.0 Å². The van der Waals surface area contributed by atoms with Crippen molar-refractivity contribution in [1.82, 2.24) is 20.5 Å². The van der Waals surface area contributed by atoms with E-state index in [1.807, 2.05) is 26.1 Å². The van der Waals surface area contributed by atoms with Gasteiger partial charge in [0.25, 0.3) is 0 Å². The van der Waals surface area contributed by atoms with Gasteiger partial charge in [-0.15, -0.1) is 0 Å². The maximum absolute atomic E-state index is 14.9. The number of aryl methyl sites for hydroxylation is 2. The van der Waals surface area contributed by atoms with E-state index in [4.69, 9.17) is 4.98 Å². The van der Waals surface area contributed by atoms with Gasteiger partial charge in [-0.1, -0.05) is 12.1 Å². The first-order valence-corrected chi connectivity index (χ1v) is 21.6. The number of nitrogens with zero attached hydrogens (tertiary/aromatic N) is 3. The average molecular weight is 770 g/mol. The third kappa shape index (κ3) is 7.22. The summed E-state index contributed by atoms with van der Waals surface area (Å²) < 4.78 is 18.8. The molecule has 49 heavy (non-hydrogen) atoms. The summed E-state index contributed by atoms with van der Waals surface area (Å²) in [5.41, 5.74) is 7.72. The zero-order valence-electron chi connectivity index (χ0n) is 28.1. The van der Waals surface area contributed by atoms with Gasteiger partial charge in [-0.3, -0.25) is 0 Å². The molecule has 0 saturated carbocycles. The van der Waals surface area contributed by atoms with Crippen LogP contribution in [-0.2, 0) is 14.0 Å². The third-order valence-electron chi connectivity index (χ3n) is 9.96. The number of halogens is 2. The minimum atomic E-state index is -1.15. The second-order valence-electron chi connectivity index (χ2n) is 13.3. The average Bonchev–Trinajstić information content (AvgIpc) is 3.11. The standard InChI is InChI=1S/C40H41FIN5O2/c1-24-6-4-9-32(38(24)41)25(2)44-39-34-21-36(43-23-35(34)26(3)46-47-39)31-8-5-7-27(20-31)22-42-18-16-29(17-19-42)28-10-12-30(13-11-28)33-14-15-37(48)45-40(33)49/h4-13,20-21,23,25,29,33H,14-19,22H2,1-3H3,(H,44,47)(H,45,48,49)/t25-,33?/m1/s1. The van der Waals surface area contributed by atoms with Gasteiger partial charge in [0, 0.05) is 0 Å². The number of imide groups is 1. The van der Waals surface area contributed by atoms with Crippen molar-refractivity contribution in [3.63, 3.8) is 0 Å². The van der Waals surface area contributed by atoms with E-state index in [9.17, 15) is 14.0 Å². The molecule has 2 aliphatic rings. The smallest absolute Gasteiger partial charge is 0.206 e. The molecule has 1 unspecified atom stereocenters. The third-order valence-corrected chi connectivity index (χ3v) is 16.2. The maximum atomic E-state index is 14.9. The summed E-state index contributed by atoms with van der Waals surface area (Å²) in [6.07, 6.45) is 5.30. The number of carbonyl (C=O) groups excluding carboxylic acids is 2. The van der Waals surface area contributed by atoms with E-state index < -0.39 is 19.8 Å². The fourth-order valence-corrected chi connectivity index (χ4v) is 13.3. The predicted molar refractivity (Wildman–Crippen MR) is 202 cm³/mol. The summed E-state index contributed by atoms with van der Waals surface area (Å²) in [7, 11) is 0. The SMILES string of the molecule is Cc1cccc([C@@H](C)Nc2nnc(C)c3cnc(-c4cccc(CI5CCC(c6ccc(C7CCC(=O)NC7=O)cc6)CC5)c4)cc23)c1F. The van der Waals surface area contributed by atoms with Crippen molar-refractivity contribution in [1.29, 1.82) is 0 Å². The monoisotopic (exact) mass is 769 g/mol. The summed E-state index contributed by atoms with van der Waals surface area (Å²) >= 11 is -1.15. The predicted octanol–water partition coefficient (Wildman–Crippen LogP) is 8.73. The fraction of sp³-hybridized carbons (Fsp3) is 0.325. The van der Waals surface area contributed by atoms with Crippen molar-refractivity contribution in [2.45, 2.75) is 68.8 Å². The summed E-state index contributed by atoms with van der Waals surface area (Å²) in [4.78, 5) is 28.7. The van der Waals surface area contributed by atoms with E-state index in [1.165, 1.54) is 37.3 Å². The molecule has 2 amide bonds. The van der Waals surface area contributed by atoms with E-state index in [2.05, 4.69) is 75.4 Å². The number of nitrogens with one attached hydrogen (secondary N) is 2. The van der Waals surface area contributed by atoms with Gasteiger partial charge in [0.1, 0.15) is 0 Å². The normalized spacial score (nSPS) is 18.4. The van der Waals surface area contributed by atoms with Crippen LogP contribution in [0.5, 0.6) is 0 Å². The van der Waals surface area contributed by atoms with Crippen LogP contribution in [-0.4, -0.2) is 35.9 Å². The number of rotatable bonds is 8. The van der Waals surface area contributed by atoms with Gasteiger partial charge < -0.3 is 0 Å². The van der Waals surface area contributed by atoms with Gasteiger partial charge >= 0.3 is 266 Å². The van der Waals surface area contributed by atoms with Gasteiger partial charge in [-0.05, 0) is 12.5 Å². The Bertz CT molecular complexity index is 2030. The van der Waals surface area contributed by atoms with Gasteiger partial charge in [-0.2, -0.15) is 0 Å². The van der Waals surface area contributed by atoms with Crippen molar-refractivity contribution in [2.24, 2.45) is 0 Å².